The second kappa shape index (κ2) is 7.10. The zero-order chi connectivity index (χ0) is 19.2. The molecule has 3 aliphatic heterocycles. The zero-order valence-electron chi connectivity index (χ0n) is 17.0. The third kappa shape index (κ3) is 2.78. The molecule has 3 heterocycles. The number of nitrogens with one attached hydrogen (secondary N) is 1. The maximum Gasteiger partial charge on any atom is 0.236 e. The van der Waals surface area contributed by atoms with Gasteiger partial charge in [-0.15, -0.1) is 0 Å². The van der Waals surface area contributed by atoms with E-state index >= 15 is 0 Å². The lowest BCUT2D eigenvalue weighted by Crippen LogP contribution is -2.54. The van der Waals surface area contributed by atoms with Gasteiger partial charge in [-0.1, -0.05) is 20.3 Å². The number of fused-ring (bicyclic) bond motifs is 4. The molecule has 148 valence electrons. The molecule has 2 saturated heterocycles. The summed E-state index contributed by atoms with van der Waals surface area (Å²) in [5, 5.41) is 3.16. The van der Waals surface area contributed by atoms with Crippen LogP contribution in [0.25, 0.3) is 0 Å². The van der Waals surface area contributed by atoms with Gasteiger partial charge in [0.25, 0.3) is 0 Å². The summed E-state index contributed by atoms with van der Waals surface area (Å²) in [6, 6.07) is 6.27. The standard InChI is InChI=1S/C22H32N2O3/c1-5-15-12-24-9-8-22(20(24)11-17(15)14(2)13-26-3)18-10-16(27-4)6-7-19(18)23-21(22)25/h6-7,10,14-15,17,20H,5,8-9,11-13H2,1-4H3,(H,23,25)/t14?,15-,17+,20-,22+/m1/s1. The minimum absolute atomic E-state index is 0.173. The van der Waals surface area contributed by atoms with E-state index in [4.69, 9.17) is 9.47 Å². The fraction of sp³-hybridized carbons (Fsp3) is 0.682. The van der Waals surface area contributed by atoms with Crippen LogP contribution in [0.5, 0.6) is 5.75 Å². The van der Waals surface area contributed by atoms with E-state index in [1.165, 1.54) is 6.42 Å². The maximum atomic E-state index is 13.3. The van der Waals surface area contributed by atoms with Crippen LogP contribution < -0.4 is 10.1 Å². The summed E-state index contributed by atoms with van der Waals surface area (Å²) in [6.45, 7) is 7.48. The number of amides is 1. The van der Waals surface area contributed by atoms with Crippen molar-refractivity contribution in [3.63, 3.8) is 0 Å². The van der Waals surface area contributed by atoms with Crippen molar-refractivity contribution in [3.05, 3.63) is 23.8 Å². The monoisotopic (exact) mass is 372 g/mol. The summed E-state index contributed by atoms with van der Waals surface area (Å²) in [5.41, 5.74) is 1.65. The summed E-state index contributed by atoms with van der Waals surface area (Å²) in [5.74, 6) is 2.78. The molecule has 0 aliphatic carbocycles. The lowest BCUT2D eigenvalue weighted by Gasteiger charge is -2.46. The number of carbonyl (C=O) groups is 1. The summed E-state index contributed by atoms with van der Waals surface area (Å²) in [4.78, 5) is 15.8. The number of carbonyl (C=O) groups excluding carboxylic acids is 1. The van der Waals surface area contributed by atoms with Gasteiger partial charge in [0, 0.05) is 32.0 Å². The Balaban J connectivity index is 1.71. The molecule has 0 aromatic heterocycles. The van der Waals surface area contributed by atoms with Gasteiger partial charge < -0.3 is 14.8 Å². The molecule has 0 bridgehead atoms. The SMILES string of the molecule is CC[C@@H]1CN2CC[C@@]3(C(=O)Nc4ccc(OC)cc43)[C@H]2C[C@H]1C(C)COC. The van der Waals surface area contributed by atoms with Crippen molar-refractivity contribution < 1.29 is 14.3 Å². The van der Waals surface area contributed by atoms with Gasteiger partial charge in [0.15, 0.2) is 0 Å². The van der Waals surface area contributed by atoms with Crippen LogP contribution in [0.2, 0.25) is 0 Å². The van der Waals surface area contributed by atoms with Crippen LogP contribution in [0.1, 0.15) is 38.7 Å². The van der Waals surface area contributed by atoms with Crippen molar-refractivity contribution in [3.8, 4) is 5.75 Å². The van der Waals surface area contributed by atoms with Gasteiger partial charge in [-0.3, -0.25) is 9.69 Å². The minimum Gasteiger partial charge on any atom is -0.497 e. The fourth-order valence-electron chi connectivity index (χ4n) is 5.99. The molecule has 0 radical (unpaired) electrons. The van der Waals surface area contributed by atoms with E-state index in [0.717, 1.165) is 49.5 Å². The van der Waals surface area contributed by atoms with Gasteiger partial charge in [0.05, 0.1) is 12.5 Å². The Kier molecular flexibility index (Phi) is 4.93. The highest BCUT2D eigenvalue weighted by molar-refractivity contribution is 6.07. The molecule has 1 aromatic carbocycles. The Morgan fingerprint density at radius 1 is 1.37 bits per heavy atom. The highest BCUT2D eigenvalue weighted by Crippen LogP contribution is 2.53. The number of hydrogen-bond donors (Lipinski definition) is 1. The molecule has 3 aliphatic rings. The average molecular weight is 373 g/mol. The van der Waals surface area contributed by atoms with E-state index in [0.29, 0.717) is 17.8 Å². The Bertz CT molecular complexity index is 722. The topological polar surface area (TPSA) is 50.8 Å². The van der Waals surface area contributed by atoms with Gasteiger partial charge in [-0.25, -0.2) is 0 Å². The molecule has 1 spiro atoms. The van der Waals surface area contributed by atoms with Crippen molar-refractivity contribution in [1.29, 1.82) is 0 Å². The predicted molar refractivity (Wildman–Crippen MR) is 106 cm³/mol. The predicted octanol–water partition coefficient (Wildman–Crippen LogP) is 3.29. The van der Waals surface area contributed by atoms with Gasteiger partial charge in [-0.2, -0.15) is 0 Å². The molecule has 2 fully saturated rings. The van der Waals surface area contributed by atoms with Crippen LogP contribution in [-0.4, -0.2) is 50.8 Å². The third-order valence-corrected chi connectivity index (χ3v) is 7.42. The first-order valence-electron chi connectivity index (χ1n) is 10.3. The Morgan fingerprint density at radius 3 is 2.89 bits per heavy atom. The van der Waals surface area contributed by atoms with Crippen molar-refractivity contribution in [1.82, 2.24) is 4.90 Å². The first-order chi connectivity index (χ1) is 13.0. The molecule has 1 aromatic rings. The van der Waals surface area contributed by atoms with E-state index in [9.17, 15) is 4.79 Å². The molecular formula is C22H32N2O3. The Hall–Kier alpha value is -1.59. The van der Waals surface area contributed by atoms with Crippen molar-refractivity contribution in [2.45, 2.75) is 44.6 Å². The Labute approximate surface area is 162 Å². The molecule has 0 saturated carbocycles. The molecule has 5 nitrogen and oxygen atoms in total. The lowest BCUT2D eigenvalue weighted by atomic mass is 9.66. The summed E-state index contributed by atoms with van der Waals surface area (Å²) in [7, 11) is 3.48. The highest BCUT2D eigenvalue weighted by atomic mass is 16.5. The Morgan fingerprint density at radius 2 is 2.19 bits per heavy atom. The number of anilines is 1. The van der Waals surface area contributed by atoms with Gasteiger partial charge >= 0.3 is 0 Å². The number of hydrogen-bond acceptors (Lipinski definition) is 4. The first-order valence-corrected chi connectivity index (χ1v) is 10.3. The zero-order valence-corrected chi connectivity index (χ0v) is 17.0. The number of ether oxygens (including phenoxy) is 2. The molecule has 1 N–H and O–H groups in total. The van der Waals surface area contributed by atoms with E-state index in [2.05, 4.69) is 30.1 Å². The quantitative estimate of drug-likeness (QED) is 0.862. The molecular weight excluding hydrogens is 340 g/mol. The molecule has 5 heteroatoms. The second-order valence-electron chi connectivity index (χ2n) is 8.60. The van der Waals surface area contributed by atoms with E-state index in [-0.39, 0.29) is 11.9 Å². The molecule has 5 atom stereocenters. The van der Waals surface area contributed by atoms with Crippen LogP contribution in [0.3, 0.4) is 0 Å². The largest absolute Gasteiger partial charge is 0.497 e. The minimum atomic E-state index is -0.437. The number of rotatable bonds is 5. The van der Waals surface area contributed by atoms with Gasteiger partial charge in [-0.05, 0) is 60.9 Å². The lowest BCUT2D eigenvalue weighted by molar-refractivity contribution is -0.122. The summed E-state index contributed by atoms with van der Waals surface area (Å²) in [6.07, 6.45) is 3.14. The van der Waals surface area contributed by atoms with E-state index in [1.807, 2.05) is 12.1 Å². The smallest absolute Gasteiger partial charge is 0.236 e. The van der Waals surface area contributed by atoms with Gasteiger partial charge in [0.2, 0.25) is 5.91 Å². The number of piperidine rings is 1. The van der Waals surface area contributed by atoms with E-state index < -0.39 is 5.41 Å². The molecule has 1 unspecified atom stereocenters. The average Bonchev–Trinajstić information content (AvgIpc) is 3.19. The number of methoxy groups -OCH3 is 2. The van der Waals surface area contributed by atoms with Gasteiger partial charge in [0.1, 0.15) is 5.75 Å². The van der Waals surface area contributed by atoms with Crippen molar-refractivity contribution >= 4 is 11.6 Å². The second-order valence-corrected chi connectivity index (χ2v) is 8.60. The fourth-order valence-corrected chi connectivity index (χ4v) is 5.99. The van der Waals surface area contributed by atoms with Crippen LogP contribution in [0.4, 0.5) is 5.69 Å². The molecule has 4 rings (SSSR count). The normalized spacial score (nSPS) is 33.6. The third-order valence-electron chi connectivity index (χ3n) is 7.42. The molecule has 1 amide bonds. The number of nitrogens with zero attached hydrogens (tertiary/aromatic N) is 1. The number of benzene rings is 1. The van der Waals surface area contributed by atoms with Crippen LogP contribution >= 0.6 is 0 Å². The van der Waals surface area contributed by atoms with Crippen molar-refractivity contribution in [2.75, 3.05) is 39.2 Å². The maximum absolute atomic E-state index is 13.3. The molecule has 27 heavy (non-hydrogen) atoms. The van der Waals surface area contributed by atoms with E-state index in [1.54, 1.807) is 14.2 Å². The summed E-state index contributed by atoms with van der Waals surface area (Å²) < 4.78 is 10.9. The van der Waals surface area contributed by atoms with Crippen LogP contribution in [0.15, 0.2) is 18.2 Å². The summed E-state index contributed by atoms with van der Waals surface area (Å²) >= 11 is 0. The van der Waals surface area contributed by atoms with Crippen LogP contribution in [-0.2, 0) is 14.9 Å². The van der Waals surface area contributed by atoms with Crippen LogP contribution in [0, 0.1) is 17.8 Å². The van der Waals surface area contributed by atoms with Crippen molar-refractivity contribution in [2.24, 2.45) is 17.8 Å². The highest BCUT2D eigenvalue weighted by Gasteiger charge is 2.60. The first kappa shape index (κ1) is 18.8.